The van der Waals surface area contributed by atoms with E-state index >= 15 is 0 Å². The van der Waals surface area contributed by atoms with Crippen LogP contribution in [0.15, 0.2) is 30.3 Å². The number of amides is 1. The van der Waals surface area contributed by atoms with Crippen molar-refractivity contribution in [3.8, 4) is 0 Å². The van der Waals surface area contributed by atoms with Gasteiger partial charge in [-0.2, -0.15) is 0 Å². The smallest absolute Gasteiger partial charge is 0.408 e. The van der Waals surface area contributed by atoms with E-state index in [1.165, 1.54) is 19.3 Å². The van der Waals surface area contributed by atoms with Crippen molar-refractivity contribution in [3.63, 3.8) is 0 Å². The highest BCUT2D eigenvalue weighted by atomic mass is 16.6. The van der Waals surface area contributed by atoms with E-state index in [9.17, 15) is 14.4 Å². The zero-order valence-corrected chi connectivity index (χ0v) is 20.1. The van der Waals surface area contributed by atoms with E-state index in [0.29, 0.717) is 18.6 Å². The standard InChI is InChI=1S/C27H37NO5/c1-26(2,3)33-25(31)28-17-24(30)32-22(21-7-5-4-6-8-21)9-10-23(29)27-14-18-11-19(15-27)13-20(12-18)16-27/h4-8,18-20,22H,9-17H2,1-3H3,(H,28,31)/t18?,19?,20?,22-,27?/m1/s1. The number of Topliss-reactive ketones (excluding diaryl/α,β-unsaturated/α-hetero) is 1. The van der Waals surface area contributed by atoms with Crippen molar-refractivity contribution in [2.24, 2.45) is 23.2 Å². The Balaban J connectivity index is 1.35. The summed E-state index contributed by atoms with van der Waals surface area (Å²) >= 11 is 0. The Bertz CT molecular complexity index is 837. The number of hydrogen-bond donors (Lipinski definition) is 1. The van der Waals surface area contributed by atoms with E-state index in [1.807, 2.05) is 30.3 Å². The Hall–Kier alpha value is -2.37. The number of carbonyl (C=O) groups is 3. The molecule has 1 atom stereocenters. The predicted molar refractivity (Wildman–Crippen MR) is 124 cm³/mol. The highest BCUT2D eigenvalue weighted by molar-refractivity contribution is 5.85. The normalized spacial score (nSPS) is 28.8. The SMILES string of the molecule is CC(C)(C)OC(=O)NCC(=O)O[C@H](CCC(=O)C12CC3CC(CC(C3)C1)C2)c1ccccc1. The first-order valence-electron chi connectivity index (χ1n) is 12.4. The molecule has 0 aliphatic heterocycles. The Labute approximate surface area is 196 Å². The van der Waals surface area contributed by atoms with E-state index in [0.717, 1.165) is 42.6 Å². The molecule has 4 bridgehead atoms. The van der Waals surface area contributed by atoms with Crippen LogP contribution in [0.2, 0.25) is 0 Å². The number of alkyl carbamates (subject to hydrolysis) is 1. The molecule has 4 fully saturated rings. The van der Waals surface area contributed by atoms with E-state index < -0.39 is 23.8 Å². The van der Waals surface area contributed by atoms with Gasteiger partial charge in [0.1, 0.15) is 24.0 Å². The lowest BCUT2D eigenvalue weighted by atomic mass is 9.48. The average Bonchev–Trinajstić information content (AvgIpc) is 2.73. The minimum atomic E-state index is -0.660. The summed E-state index contributed by atoms with van der Waals surface area (Å²) in [5, 5.41) is 2.45. The van der Waals surface area contributed by atoms with Crippen LogP contribution in [0.1, 0.15) is 83.8 Å². The summed E-state index contributed by atoms with van der Waals surface area (Å²) in [5.74, 6) is 1.98. The van der Waals surface area contributed by atoms with Crippen LogP contribution in [0.25, 0.3) is 0 Å². The summed E-state index contributed by atoms with van der Waals surface area (Å²) in [5.41, 5.74) is 0.0811. The molecule has 1 aromatic rings. The van der Waals surface area contributed by atoms with Crippen LogP contribution in [0.3, 0.4) is 0 Å². The largest absolute Gasteiger partial charge is 0.456 e. The molecule has 0 radical (unpaired) electrons. The molecular formula is C27H37NO5. The first-order valence-corrected chi connectivity index (χ1v) is 12.4. The predicted octanol–water partition coefficient (Wildman–Crippen LogP) is 5.36. The zero-order chi connectivity index (χ0) is 23.6. The first-order chi connectivity index (χ1) is 15.6. The van der Waals surface area contributed by atoms with Crippen molar-refractivity contribution in [2.75, 3.05) is 6.54 Å². The second-order valence-corrected chi connectivity index (χ2v) is 11.4. The van der Waals surface area contributed by atoms with E-state index in [4.69, 9.17) is 9.47 Å². The highest BCUT2D eigenvalue weighted by Crippen LogP contribution is 2.60. The number of hydrogen-bond acceptors (Lipinski definition) is 5. The fraction of sp³-hybridized carbons (Fsp3) is 0.667. The molecule has 1 aromatic carbocycles. The van der Waals surface area contributed by atoms with Crippen LogP contribution in [-0.4, -0.2) is 30.0 Å². The summed E-state index contributed by atoms with van der Waals surface area (Å²) in [6, 6.07) is 9.53. The Morgan fingerprint density at radius 3 is 2.12 bits per heavy atom. The lowest BCUT2D eigenvalue weighted by molar-refractivity contribution is -0.151. The Kier molecular flexibility index (Phi) is 6.83. The van der Waals surface area contributed by atoms with Crippen LogP contribution < -0.4 is 5.32 Å². The molecule has 180 valence electrons. The number of esters is 1. The van der Waals surface area contributed by atoms with Gasteiger partial charge in [0, 0.05) is 11.8 Å². The quantitative estimate of drug-likeness (QED) is 0.534. The molecule has 0 saturated heterocycles. The van der Waals surface area contributed by atoms with Crippen LogP contribution in [0.4, 0.5) is 4.79 Å². The maximum absolute atomic E-state index is 13.5. The van der Waals surface area contributed by atoms with Gasteiger partial charge in [-0.15, -0.1) is 0 Å². The zero-order valence-electron chi connectivity index (χ0n) is 20.1. The van der Waals surface area contributed by atoms with Crippen molar-refractivity contribution >= 4 is 17.8 Å². The molecule has 6 nitrogen and oxygen atoms in total. The van der Waals surface area contributed by atoms with E-state index in [2.05, 4.69) is 5.32 Å². The summed E-state index contributed by atoms with van der Waals surface area (Å²) in [6.07, 6.45) is 6.77. The Morgan fingerprint density at radius 2 is 1.58 bits per heavy atom. The van der Waals surface area contributed by atoms with Crippen molar-refractivity contribution in [3.05, 3.63) is 35.9 Å². The number of ether oxygens (including phenoxy) is 2. The molecule has 6 heteroatoms. The second kappa shape index (κ2) is 9.47. The van der Waals surface area contributed by atoms with Crippen LogP contribution in [-0.2, 0) is 19.1 Å². The van der Waals surface area contributed by atoms with E-state index in [1.54, 1.807) is 20.8 Å². The number of ketones is 1. The summed E-state index contributed by atoms with van der Waals surface area (Å²) in [6.45, 7) is 5.01. The minimum Gasteiger partial charge on any atom is -0.456 e. The lowest BCUT2D eigenvalue weighted by Crippen LogP contribution is -2.50. The molecule has 4 aliphatic rings. The number of benzene rings is 1. The van der Waals surface area contributed by atoms with Crippen molar-refractivity contribution in [2.45, 2.75) is 83.8 Å². The van der Waals surface area contributed by atoms with Crippen molar-refractivity contribution in [1.82, 2.24) is 5.32 Å². The van der Waals surface area contributed by atoms with Gasteiger partial charge in [0.2, 0.25) is 0 Å². The topological polar surface area (TPSA) is 81.7 Å². The molecular weight excluding hydrogens is 418 g/mol. The van der Waals surface area contributed by atoms with E-state index in [-0.39, 0.29) is 12.0 Å². The molecule has 1 N–H and O–H groups in total. The Morgan fingerprint density at radius 1 is 1.00 bits per heavy atom. The van der Waals surface area contributed by atoms with Crippen molar-refractivity contribution in [1.29, 1.82) is 0 Å². The van der Waals surface area contributed by atoms with Gasteiger partial charge in [0.25, 0.3) is 0 Å². The molecule has 0 spiro atoms. The third kappa shape index (κ3) is 5.96. The third-order valence-electron chi connectivity index (χ3n) is 7.48. The molecule has 1 amide bonds. The third-order valence-corrected chi connectivity index (χ3v) is 7.48. The van der Waals surface area contributed by atoms with Gasteiger partial charge in [0.15, 0.2) is 0 Å². The van der Waals surface area contributed by atoms with Gasteiger partial charge in [0.05, 0.1) is 0 Å². The summed E-state index contributed by atoms with van der Waals surface area (Å²) in [7, 11) is 0. The molecule has 4 aliphatic carbocycles. The minimum absolute atomic E-state index is 0.141. The van der Waals surface area contributed by atoms with Gasteiger partial charge < -0.3 is 14.8 Å². The highest BCUT2D eigenvalue weighted by Gasteiger charge is 2.54. The maximum atomic E-state index is 13.5. The molecule has 0 aromatic heterocycles. The molecule has 0 unspecified atom stereocenters. The van der Waals surface area contributed by atoms with Gasteiger partial charge in [-0.1, -0.05) is 30.3 Å². The van der Waals surface area contributed by atoms with Gasteiger partial charge in [-0.05, 0) is 89.0 Å². The summed E-state index contributed by atoms with van der Waals surface area (Å²) < 4.78 is 10.9. The van der Waals surface area contributed by atoms with Crippen LogP contribution in [0.5, 0.6) is 0 Å². The number of rotatable bonds is 8. The molecule has 5 rings (SSSR count). The van der Waals surface area contributed by atoms with Crippen LogP contribution >= 0.6 is 0 Å². The van der Waals surface area contributed by atoms with Gasteiger partial charge >= 0.3 is 12.1 Å². The van der Waals surface area contributed by atoms with Crippen molar-refractivity contribution < 1.29 is 23.9 Å². The van der Waals surface area contributed by atoms with Gasteiger partial charge in [-0.3, -0.25) is 9.59 Å². The number of nitrogens with one attached hydrogen (secondary N) is 1. The maximum Gasteiger partial charge on any atom is 0.408 e. The van der Waals surface area contributed by atoms with Crippen LogP contribution in [0, 0.1) is 23.2 Å². The fourth-order valence-corrected chi connectivity index (χ4v) is 6.60. The van der Waals surface area contributed by atoms with Gasteiger partial charge in [-0.25, -0.2) is 4.79 Å². The molecule has 4 saturated carbocycles. The average molecular weight is 456 g/mol. The first kappa shape index (κ1) is 23.8. The lowest BCUT2D eigenvalue weighted by Gasteiger charge is -2.56. The summed E-state index contributed by atoms with van der Waals surface area (Å²) in [4.78, 5) is 37.8. The number of carbonyl (C=O) groups excluding carboxylic acids is 3. The molecule has 33 heavy (non-hydrogen) atoms. The second-order valence-electron chi connectivity index (χ2n) is 11.4. The molecule has 0 heterocycles. The fourth-order valence-electron chi connectivity index (χ4n) is 6.60. The monoisotopic (exact) mass is 455 g/mol.